The molecule has 5 rings (SSSR count). The lowest BCUT2D eigenvalue weighted by atomic mass is 10.1. The molecule has 1 aliphatic heterocycles. The van der Waals surface area contributed by atoms with E-state index in [0.717, 1.165) is 62.1 Å². The summed E-state index contributed by atoms with van der Waals surface area (Å²) in [4.78, 5) is 9.30. The van der Waals surface area contributed by atoms with Crippen LogP contribution >= 0.6 is 11.6 Å². The van der Waals surface area contributed by atoms with Gasteiger partial charge in [0.05, 0.1) is 11.4 Å². The highest BCUT2D eigenvalue weighted by Crippen LogP contribution is 2.33. The molecule has 42 heavy (non-hydrogen) atoms. The third-order valence-electron chi connectivity index (χ3n) is 7.36. The minimum atomic E-state index is -1.17. The number of aromatic nitrogens is 4. The van der Waals surface area contributed by atoms with Gasteiger partial charge in [-0.3, -0.25) is 4.90 Å². The van der Waals surface area contributed by atoms with Crippen molar-refractivity contribution in [2.75, 3.05) is 58.3 Å². The molecule has 1 saturated heterocycles. The van der Waals surface area contributed by atoms with Crippen molar-refractivity contribution in [3.63, 3.8) is 0 Å². The van der Waals surface area contributed by atoms with Crippen molar-refractivity contribution in [3.05, 3.63) is 59.6 Å². The maximum Gasteiger partial charge on any atom is 0.257 e. The van der Waals surface area contributed by atoms with Gasteiger partial charge in [-0.1, -0.05) is 31.2 Å². The molecule has 0 amide bonds. The molecule has 1 fully saturated rings. The minimum Gasteiger partial charge on any atom is -0.474 e. The van der Waals surface area contributed by atoms with Gasteiger partial charge in [0.15, 0.2) is 0 Å². The first-order valence-electron chi connectivity index (χ1n) is 14.3. The van der Waals surface area contributed by atoms with E-state index >= 15 is 0 Å². The van der Waals surface area contributed by atoms with Gasteiger partial charge >= 0.3 is 0 Å². The highest BCUT2D eigenvalue weighted by Gasteiger charge is 2.18. The minimum absolute atomic E-state index is 0.267. The molecule has 1 aromatic carbocycles. The van der Waals surface area contributed by atoms with E-state index in [-0.39, 0.29) is 5.56 Å². The number of ether oxygens (including phenoxy) is 2. The van der Waals surface area contributed by atoms with Gasteiger partial charge in [-0.15, -0.1) is 10.2 Å². The first-order valence-corrected chi connectivity index (χ1v) is 18.4. The van der Waals surface area contributed by atoms with E-state index < -0.39 is 13.9 Å². The third kappa shape index (κ3) is 7.84. The normalized spacial score (nSPS) is 14.9. The van der Waals surface area contributed by atoms with Crippen LogP contribution in [0.4, 0.5) is 15.8 Å². The summed E-state index contributed by atoms with van der Waals surface area (Å²) < 4.78 is 28.9. The fourth-order valence-corrected chi connectivity index (χ4v) is 5.66. The molecule has 4 aromatic rings. The second-order valence-electron chi connectivity index (χ2n) is 11.9. The topological polar surface area (TPSA) is 80.6 Å². The van der Waals surface area contributed by atoms with Gasteiger partial charge in [-0.05, 0) is 49.5 Å². The summed E-state index contributed by atoms with van der Waals surface area (Å²) in [7, 11) is 0.969. The second kappa shape index (κ2) is 13.5. The molecule has 0 aliphatic carbocycles. The van der Waals surface area contributed by atoms with Crippen LogP contribution in [-0.4, -0.2) is 90.6 Å². The predicted molar refractivity (Wildman–Crippen MR) is 169 cm³/mol. The molecule has 1 aliphatic rings. The first-order chi connectivity index (χ1) is 20.2. The van der Waals surface area contributed by atoms with Crippen molar-refractivity contribution in [3.8, 4) is 17.1 Å². The Morgan fingerprint density at radius 1 is 1.00 bits per heavy atom. The van der Waals surface area contributed by atoms with E-state index in [1.54, 1.807) is 18.3 Å². The summed E-state index contributed by atoms with van der Waals surface area (Å²) >= 11 is 6.17. The Morgan fingerprint density at radius 2 is 1.81 bits per heavy atom. The zero-order valence-electron chi connectivity index (χ0n) is 24.7. The number of benzene rings is 1. The lowest BCUT2D eigenvalue weighted by Gasteiger charge is -2.32. The molecular weight excluding hydrogens is 573 g/mol. The van der Waals surface area contributed by atoms with Gasteiger partial charge in [-0.25, -0.2) is 9.37 Å². The number of nitrogens with zero attached hydrogens (tertiary/aromatic N) is 6. The van der Waals surface area contributed by atoms with Crippen molar-refractivity contribution in [2.45, 2.75) is 32.4 Å². The zero-order valence-corrected chi connectivity index (χ0v) is 26.5. The zero-order chi connectivity index (χ0) is 29.7. The van der Waals surface area contributed by atoms with E-state index in [1.165, 1.54) is 12.1 Å². The smallest absolute Gasteiger partial charge is 0.257 e. The molecule has 0 radical (unpaired) electrons. The lowest BCUT2D eigenvalue weighted by molar-refractivity contribution is 0.0899. The number of rotatable bonds is 12. The number of fused-ring (bicyclic) bond motifs is 1. The Bertz CT molecular complexity index is 1510. The molecule has 3 aromatic heterocycles. The summed E-state index contributed by atoms with van der Waals surface area (Å²) in [6.07, 6.45) is 3.73. The summed E-state index contributed by atoms with van der Waals surface area (Å²) in [5.74, 6) is -0.0877. The van der Waals surface area contributed by atoms with Gasteiger partial charge in [0.1, 0.15) is 30.5 Å². The Labute approximate surface area is 252 Å². The SMILES string of the molecule is CN1CCN(CCOc2nnc(-c3cc(Cl)ccc3F)cc2Nc2ccnc3c2ccn3COCC[Si](C)(C)C)CC1. The summed E-state index contributed by atoms with van der Waals surface area (Å²) in [5, 5.41) is 13.5. The van der Waals surface area contributed by atoms with Crippen molar-refractivity contribution < 1.29 is 13.9 Å². The van der Waals surface area contributed by atoms with Gasteiger partial charge in [0.2, 0.25) is 0 Å². The molecule has 0 atom stereocenters. The van der Waals surface area contributed by atoms with Crippen LogP contribution in [-0.2, 0) is 11.5 Å². The molecule has 0 unspecified atom stereocenters. The fraction of sp³-hybridized carbons (Fsp3) is 0.433. The van der Waals surface area contributed by atoms with Crippen LogP contribution in [0.2, 0.25) is 30.7 Å². The van der Waals surface area contributed by atoms with Crippen LogP contribution in [0.3, 0.4) is 0 Å². The van der Waals surface area contributed by atoms with E-state index in [2.05, 4.69) is 57.0 Å². The monoisotopic (exact) mass is 611 g/mol. The Kier molecular flexibility index (Phi) is 9.74. The second-order valence-corrected chi connectivity index (χ2v) is 18.0. The first kappa shape index (κ1) is 30.4. The number of halogens is 2. The predicted octanol–water partition coefficient (Wildman–Crippen LogP) is 5.97. The summed E-state index contributed by atoms with van der Waals surface area (Å²) in [6.45, 7) is 13.5. The summed E-state index contributed by atoms with van der Waals surface area (Å²) in [6, 6.07) is 11.1. The number of piperazine rings is 1. The Morgan fingerprint density at radius 3 is 2.60 bits per heavy atom. The summed E-state index contributed by atoms with van der Waals surface area (Å²) in [5.41, 5.74) is 2.81. The van der Waals surface area contributed by atoms with Crippen molar-refractivity contribution in [1.82, 2.24) is 29.5 Å². The molecule has 12 heteroatoms. The number of pyridine rings is 1. The molecule has 0 bridgehead atoms. The lowest BCUT2D eigenvalue weighted by Crippen LogP contribution is -2.45. The van der Waals surface area contributed by atoms with E-state index in [1.807, 2.05) is 22.9 Å². The number of hydrogen-bond acceptors (Lipinski definition) is 8. The van der Waals surface area contributed by atoms with Gasteiger partial charge in [0, 0.05) is 75.8 Å². The number of likely N-dealkylation sites (N-methyl/N-ethyl adjacent to an activating group) is 1. The standard InChI is InChI=1S/C30H39ClFN7O2Si/c1-37-11-13-38(14-12-37)15-16-41-30-28(20-27(35-36-30)24-19-22(31)5-6-25(24)32)34-26-7-9-33-29-23(26)8-10-39(29)21-40-17-18-42(2,3)4/h5-10,19-20H,11-18,21H2,1-4H3,(H,33,34,35). The van der Waals surface area contributed by atoms with E-state index in [9.17, 15) is 4.39 Å². The van der Waals surface area contributed by atoms with Crippen LogP contribution in [0.5, 0.6) is 5.88 Å². The maximum atomic E-state index is 14.7. The van der Waals surface area contributed by atoms with Crippen LogP contribution in [0.15, 0.2) is 48.8 Å². The molecule has 9 nitrogen and oxygen atoms in total. The molecule has 224 valence electrons. The average Bonchev–Trinajstić information content (AvgIpc) is 3.38. The van der Waals surface area contributed by atoms with Crippen molar-refractivity contribution in [2.24, 2.45) is 0 Å². The molecule has 1 N–H and O–H groups in total. The van der Waals surface area contributed by atoms with Crippen LogP contribution < -0.4 is 10.1 Å². The third-order valence-corrected chi connectivity index (χ3v) is 9.30. The average molecular weight is 612 g/mol. The van der Waals surface area contributed by atoms with E-state index in [0.29, 0.717) is 35.6 Å². The van der Waals surface area contributed by atoms with Gasteiger partial charge < -0.3 is 24.3 Å². The van der Waals surface area contributed by atoms with Crippen molar-refractivity contribution >= 4 is 42.1 Å². The molecular formula is C30H39ClFN7O2Si. The Hall–Kier alpha value is -3.09. The van der Waals surface area contributed by atoms with Crippen molar-refractivity contribution in [1.29, 1.82) is 0 Å². The molecule has 0 spiro atoms. The number of anilines is 2. The highest BCUT2D eigenvalue weighted by atomic mass is 35.5. The largest absolute Gasteiger partial charge is 0.474 e. The Balaban J connectivity index is 1.38. The van der Waals surface area contributed by atoms with Gasteiger partial charge in [-0.2, -0.15) is 0 Å². The van der Waals surface area contributed by atoms with Crippen LogP contribution in [0.25, 0.3) is 22.3 Å². The van der Waals surface area contributed by atoms with E-state index in [4.69, 9.17) is 21.1 Å². The fourth-order valence-electron chi connectivity index (χ4n) is 4.73. The van der Waals surface area contributed by atoms with Crippen LogP contribution in [0.1, 0.15) is 0 Å². The highest BCUT2D eigenvalue weighted by molar-refractivity contribution is 6.76. The quantitative estimate of drug-likeness (QED) is 0.155. The number of hydrogen-bond donors (Lipinski definition) is 1. The van der Waals surface area contributed by atoms with Gasteiger partial charge in [0.25, 0.3) is 5.88 Å². The maximum absolute atomic E-state index is 14.7. The molecule has 4 heterocycles. The number of nitrogens with one attached hydrogen (secondary N) is 1. The molecule has 0 saturated carbocycles. The van der Waals surface area contributed by atoms with Crippen LogP contribution in [0, 0.1) is 5.82 Å².